The van der Waals surface area contributed by atoms with Crippen LogP contribution in [0.4, 0.5) is 0 Å². The summed E-state index contributed by atoms with van der Waals surface area (Å²) in [4.78, 5) is 5.35. The molecule has 0 radical (unpaired) electrons. The zero-order chi connectivity index (χ0) is 20.8. The molecule has 2 aromatic rings. The van der Waals surface area contributed by atoms with E-state index in [1.807, 2.05) is 37.3 Å². The molecule has 1 unspecified atom stereocenters. The van der Waals surface area contributed by atoms with Gasteiger partial charge in [0.15, 0.2) is 5.96 Å². The lowest BCUT2D eigenvalue weighted by molar-refractivity contribution is 0.0617. The van der Waals surface area contributed by atoms with Crippen molar-refractivity contribution in [2.75, 3.05) is 27.2 Å². The van der Waals surface area contributed by atoms with Crippen LogP contribution in [0.15, 0.2) is 51.7 Å². The highest BCUT2D eigenvalue weighted by Gasteiger charge is 2.23. The molecule has 0 spiro atoms. The molecule has 0 aliphatic heterocycles. The van der Waals surface area contributed by atoms with Gasteiger partial charge in [-0.3, -0.25) is 0 Å². The first-order valence-electron chi connectivity index (χ1n) is 8.98. The molecule has 162 valence electrons. The quantitative estimate of drug-likeness (QED) is 0.266. The van der Waals surface area contributed by atoms with Crippen LogP contribution in [0, 0.1) is 0 Å². The van der Waals surface area contributed by atoms with Crippen LogP contribution in [-0.4, -0.2) is 51.0 Å². The standard InChI is InChI=1S/C19H28N4O3S2.HI/c1-5-20-18(22-14-19(2,24)15-9-7-6-8-10-15)21-13-16-11-12-17(27-16)28(25,26)23(3)4;/h6-12,24H,5,13-14H2,1-4H3,(H2,20,21,22);1H. The highest BCUT2D eigenvalue weighted by atomic mass is 127. The maximum Gasteiger partial charge on any atom is 0.252 e. The van der Waals surface area contributed by atoms with Gasteiger partial charge < -0.3 is 15.7 Å². The zero-order valence-corrected chi connectivity index (χ0v) is 21.0. The van der Waals surface area contributed by atoms with Gasteiger partial charge in [-0.1, -0.05) is 30.3 Å². The van der Waals surface area contributed by atoms with E-state index in [-0.39, 0.29) is 30.5 Å². The van der Waals surface area contributed by atoms with Crippen LogP contribution >= 0.6 is 35.3 Å². The van der Waals surface area contributed by atoms with Gasteiger partial charge in [0, 0.05) is 25.5 Å². The summed E-state index contributed by atoms with van der Waals surface area (Å²) < 4.78 is 25.9. The predicted molar refractivity (Wildman–Crippen MR) is 129 cm³/mol. The van der Waals surface area contributed by atoms with E-state index >= 15 is 0 Å². The van der Waals surface area contributed by atoms with E-state index in [4.69, 9.17) is 0 Å². The Bertz CT molecular complexity index is 897. The number of thiophene rings is 1. The van der Waals surface area contributed by atoms with E-state index in [1.165, 1.54) is 29.7 Å². The van der Waals surface area contributed by atoms with Crippen LogP contribution in [0.5, 0.6) is 0 Å². The molecule has 0 saturated heterocycles. The molecule has 0 aliphatic carbocycles. The fourth-order valence-electron chi connectivity index (χ4n) is 2.42. The van der Waals surface area contributed by atoms with Crippen LogP contribution < -0.4 is 10.6 Å². The number of guanidine groups is 1. The third-order valence-corrected chi connectivity index (χ3v) is 7.46. The van der Waals surface area contributed by atoms with Gasteiger partial charge in [-0.05, 0) is 31.5 Å². The lowest BCUT2D eigenvalue weighted by Gasteiger charge is -2.25. The second kappa shape index (κ2) is 11.3. The molecule has 1 atom stereocenters. The van der Waals surface area contributed by atoms with Crippen molar-refractivity contribution in [1.29, 1.82) is 0 Å². The molecule has 0 aliphatic rings. The fraction of sp³-hybridized carbons (Fsp3) is 0.421. The van der Waals surface area contributed by atoms with E-state index in [0.29, 0.717) is 23.3 Å². The van der Waals surface area contributed by atoms with E-state index < -0.39 is 15.6 Å². The van der Waals surface area contributed by atoms with Gasteiger partial charge in [0.05, 0.1) is 13.1 Å². The smallest absolute Gasteiger partial charge is 0.252 e. The number of hydrogen-bond acceptors (Lipinski definition) is 5. The molecule has 10 heteroatoms. The Morgan fingerprint density at radius 1 is 1.17 bits per heavy atom. The van der Waals surface area contributed by atoms with Crippen molar-refractivity contribution in [3.05, 3.63) is 52.9 Å². The lowest BCUT2D eigenvalue weighted by atomic mass is 9.96. The summed E-state index contributed by atoms with van der Waals surface area (Å²) in [5, 5.41) is 17.0. The highest BCUT2D eigenvalue weighted by molar-refractivity contribution is 14.0. The molecule has 1 heterocycles. The number of halogens is 1. The Morgan fingerprint density at radius 3 is 2.41 bits per heavy atom. The third-order valence-electron chi connectivity index (χ3n) is 4.10. The van der Waals surface area contributed by atoms with Gasteiger partial charge in [0.25, 0.3) is 10.0 Å². The van der Waals surface area contributed by atoms with Crippen molar-refractivity contribution in [2.45, 2.75) is 30.2 Å². The van der Waals surface area contributed by atoms with Gasteiger partial charge in [-0.25, -0.2) is 17.7 Å². The first kappa shape index (κ1) is 25.8. The summed E-state index contributed by atoms with van der Waals surface area (Å²) in [6.07, 6.45) is 0. The van der Waals surface area contributed by atoms with Crippen molar-refractivity contribution >= 4 is 51.3 Å². The second-order valence-corrected chi connectivity index (χ2v) is 10.2. The Labute approximate surface area is 194 Å². The summed E-state index contributed by atoms with van der Waals surface area (Å²) in [5.41, 5.74) is -0.233. The molecular formula is C19H29IN4O3S2. The molecule has 1 aromatic heterocycles. The SMILES string of the molecule is CCNC(=NCc1ccc(S(=O)(=O)N(C)C)s1)NCC(C)(O)c1ccccc1.I. The van der Waals surface area contributed by atoms with Gasteiger partial charge in [0.2, 0.25) is 0 Å². The van der Waals surface area contributed by atoms with Crippen LogP contribution in [0.25, 0.3) is 0 Å². The second-order valence-electron chi connectivity index (χ2n) is 6.70. The van der Waals surface area contributed by atoms with Crippen molar-refractivity contribution in [3.8, 4) is 0 Å². The van der Waals surface area contributed by atoms with Crippen LogP contribution in [0.1, 0.15) is 24.3 Å². The number of rotatable bonds is 8. The fourth-order valence-corrected chi connectivity index (χ4v) is 4.86. The zero-order valence-electron chi connectivity index (χ0n) is 17.0. The van der Waals surface area contributed by atoms with Crippen LogP contribution in [0.2, 0.25) is 0 Å². The number of benzene rings is 1. The van der Waals surface area contributed by atoms with Gasteiger partial charge in [0.1, 0.15) is 9.81 Å². The monoisotopic (exact) mass is 552 g/mol. The number of nitrogens with zero attached hydrogens (tertiary/aromatic N) is 2. The average Bonchev–Trinajstić information content (AvgIpc) is 3.14. The van der Waals surface area contributed by atoms with Crippen molar-refractivity contribution in [2.24, 2.45) is 4.99 Å². The number of nitrogens with one attached hydrogen (secondary N) is 2. The molecule has 0 saturated carbocycles. The van der Waals surface area contributed by atoms with Crippen molar-refractivity contribution < 1.29 is 13.5 Å². The molecule has 0 bridgehead atoms. The van der Waals surface area contributed by atoms with E-state index in [0.717, 1.165) is 10.4 Å². The molecule has 2 rings (SSSR count). The maximum absolute atomic E-state index is 12.2. The number of sulfonamides is 1. The summed E-state index contributed by atoms with van der Waals surface area (Å²) in [5.74, 6) is 0.559. The molecule has 1 aromatic carbocycles. The molecular weight excluding hydrogens is 523 g/mol. The average molecular weight is 553 g/mol. The molecule has 7 nitrogen and oxygen atoms in total. The number of aliphatic hydroxyl groups is 1. The van der Waals surface area contributed by atoms with Crippen molar-refractivity contribution in [3.63, 3.8) is 0 Å². The number of hydrogen-bond donors (Lipinski definition) is 3. The first-order valence-corrected chi connectivity index (χ1v) is 11.2. The van der Waals surface area contributed by atoms with Gasteiger partial charge >= 0.3 is 0 Å². The van der Waals surface area contributed by atoms with E-state index in [2.05, 4.69) is 15.6 Å². The summed E-state index contributed by atoms with van der Waals surface area (Å²) in [7, 11) is -0.401. The molecule has 29 heavy (non-hydrogen) atoms. The largest absolute Gasteiger partial charge is 0.384 e. The predicted octanol–water partition coefficient (Wildman–Crippen LogP) is 2.58. The first-order chi connectivity index (χ1) is 13.2. The summed E-state index contributed by atoms with van der Waals surface area (Å²) >= 11 is 1.21. The van der Waals surface area contributed by atoms with E-state index in [9.17, 15) is 13.5 Å². The third kappa shape index (κ3) is 7.21. The van der Waals surface area contributed by atoms with Crippen LogP contribution in [0.3, 0.4) is 0 Å². The maximum atomic E-state index is 12.2. The Balaban J connectivity index is 0.00000420. The molecule has 3 N–H and O–H groups in total. The molecule has 0 fully saturated rings. The summed E-state index contributed by atoms with van der Waals surface area (Å²) in [6.45, 7) is 5.00. The lowest BCUT2D eigenvalue weighted by Crippen LogP contribution is -2.44. The minimum absolute atomic E-state index is 0. The Kier molecular flexibility index (Phi) is 10.0. The number of aliphatic imine (C=N–C) groups is 1. The Morgan fingerprint density at radius 2 is 1.83 bits per heavy atom. The molecule has 0 amide bonds. The topological polar surface area (TPSA) is 94.0 Å². The Hall–Kier alpha value is -1.21. The van der Waals surface area contributed by atoms with Crippen LogP contribution in [-0.2, 0) is 22.2 Å². The van der Waals surface area contributed by atoms with Gasteiger partial charge in [-0.2, -0.15) is 0 Å². The highest BCUT2D eigenvalue weighted by Crippen LogP contribution is 2.24. The van der Waals surface area contributed by atoms with E-state index in [1.54, 1.807) is 19.1 Å². The van der Waals surface area contributed by atoms with Crippen molar-refractivity contribution in [1.82, 2.24) is 14.9 Å². The van der Waals surface area contributed by atoms with Gasteiger partial charge in [-0.15, -0.1) is 35.3 Å². The minimum Gasteiger partial charge on any atom is -0.384 e. The summed E-state index contributed by atoms with van der Waals surface area (Å²) in [6, 6.07) is 12.8. The normalized spacial score (nSPS) is 14.2. The minimum atomic E-state index is -3.43.